The van der Waals surface area contributed by atoms with Crippen molar-refractivity contribution in [2.75, 3.05) is 31.9 Å². The normalized spacial score (nSPS) is 18.2. The van der Waals surface area contributed by atoms with Gasteiger partial charge in [-0.3, -0.25) is 4.79 Å². The van der Waals surface area contributed by atoms with E-state index in [1.165, 1.54) is 22.3 Å². The van der Waals surface area contributed by atoms with Gasteiger partial charge in [-0.1, -0.05) is 11.8 Å². The van der Waals surface area contributed by atoms with E-state index >= 15 is 0 Å². The largest absolute Gasteiger partial charge is 0.345 e. The lowest BCUT2D eigenvalue weighted by atomic mass is 10.3. The Balaban J connectivity index is 1.20. The molecule has 13 heteroatoms. The van der Waals surface area contributed by atoms with Crippen molar-refractivity contribution in [1.82, 2.24) is 39.4 Å². The van der Waals surface area contributed by atoms with Crippen molar-refractivity contribution in [2.45, 2.75) is 28.9 Å². The van der Waals surface area contributed by atoms with E-state index in [9.17, 15) is 13.2 Å². The molecule has 3 aromatic heterocycles. The SMILES string of the molecule is O=C(CSc1nnnn1C1CC1)N1CCN(S(=O)(=O)c2c[nH]c3ncccc23)CC1. The van der Waals surface area contributed by atoms with Crippen LogP contribution < -0.4 is 0 Å². The lowest BCUT2D eigenvalue weighted by Gasteiger charge is -2.33. The van der Waals surface area contributed by atoms with Gasteiger partial charge in [0.05, 0.1) is 11.8 Å². The fraction of sp³-hybridized carbons (Fsp3) is 0.471. The van der Waals surface area contributed by atoms with Crippen molar-refractivity contribution < 1.29 is 13.2 Å². The molecular weight excluding hydrogens is 428 g/mol. The number of carbonyl (C=O) groups excluding carboxylic acids is 1. The molecule has 1 saturated heterocycles. The van der Waals surface area contributed by atoms with E-state index in [0.29, 0.717) is 35.3 Å². The Morgan fingerprint density at radius 1 is 1.23 bits per heavy atom. The molecule has 30 heavy (non-hydrogen) atoms. The molecule has 2 fully saturated rings. The highest BCUT2D eigenvalue weighted by Gasteiger charge is 2.32. The van der Waals surface area contributed by atoms with Gasteiger partial charge in [-0.15, -0.1) is 5.10 Å². The minimum Gasteiger partial charge on any atom is -0.345 e. The number of thioether (sulfide) groups is 1. The number of hydrogen-bond acceptors (Lipinski definition) is 8. The van der Waals surface area contributed by atoms with Crippen molar-refractivity contribution in [3.05, 3.63) is 24.5 Å². The van der Waals surface area contributed by atoms with Crippen LogP contribution in [0.2, 0.25) is 0 Å². The van der Waals surface area contributed by atoms with Gasteiger partial charge in [-0.25, -0.2) is 18.1 Å². The third-order valence-corrected chi connectivity index (χ3v) is 8.16. The van der Waals surface area contributed by atoms with Crippen molar-refractivity contribution in [1.29, 1.82) is 0 Å². The molecule has 1 amide bonds. The van der Waals surface area contributed by atoms with Crippen LogP contribution in [0.5, 0.6) is 0 Å². The zero-order chi connectivity index (χ0) is 20.7. The summed E-state index contributed by atoms with van der Waals surface area (Å²) in [6.45, 7) is 1.22. The summed E-state index contributed by atoms with van der Waals surface area (Å²) in [6.07, 6.45) is 5.22. The predicted octanol–water partition coefficient (Wildman–Crippen LogP) is 0.509. The lowest BCUT2D eigenvalue weighted by Crippen LogP contribution is -2.50. The molecule has 1 N–H and O–H groups in total. The summed E-state index contributed by atoms with van der Waals surface area (Å²) in [5, 5.41) is 12.9. The molecule has 0 atom stereocenters. The van der Waals surface area contributed by atoms with E-state index in [-0.39, 0.29) is 29.6 Å². The Morgan fingerprint density at radius 2 is 2.03 bits per heavy atom. The molecule has 2 aliphatic rings. The maximum absolute atomic E-state index is 13.1. The van der Waals surface area contributed by atoms with Crippen LogP contribution in [0.4, 0.5) is 0 Å². The van der Waals surface area contributed by atoms with Crippen LogP contribution in [0.1, 0.15) is 18.9 Å². The first-order valence-corrected chi connectivity index (χ1v) is 12.1. The number of carbonyl (C=O) groups is 1. The van der Waals surface area contributed by atoms with Gasteiger partial charge in [0.1, 0.15) is 10.5 Å². The van der Waals surface area contributed by atoms with E-state index in [2.05, 4.69) is 25.5 Å². The minimum atomic E-state index is -3.66. The highest BCUT2D eigenvalue weighted by molar-refractivity contribution is 7.99. The molecule has 1 saturated carbocycles. The average Bonchev–Trinajstić information content (AvgIpc) is 3.33. The van der Waals surface area contributed by atoms with Gasteiger partial charge in [0, 0.05) is 44.0 Å². The first-order valence-electron chi connectivity index (χ1n) is 9.65. The molecule has 3 aromatic rings. The maximum atomic E-state index is 13.1. The standard InChI is InChI=1S/C17H20N8O3S2/c26-15(11-29-17-20-21-22-25(17)12-3-4-12)23-6-8-24(9-7-23)30(27,28)14-10-19-16-13(14)2-1-5-18-16/h1-2,5,10,12H,3-4,6-9,11H2,(H,18,19). The third kappa shape index (κ3) is 3.56. The Labute approximate surface area is 176 Å². The second-order valence-electron chi connectivity index (χ2n) is 7.26. The Kier molecular flexibility index (Phi) is 4.95. The lowest BCUT2D eigenvalue weighted by molar-refractivity contribution is -0.129. The number of sulfonamides is 1. The molecule has 0 spiro atoms. The van der Waals surface area contributed by atoms with Gasteiger partial charge in [0.15, 0.2) is 0 Å². The monoisotopic (exact) mass is 448 g/mol. The second kappa shape index (κ2) is 7.63. The predicted molar refractivity (Wildman–Crippen MR) is 108 cm³/mol. The number of aromatic amines is 1. The van der Waals surface area contributed by atoms with Gasteiger partial charge in [0.2, 0.25) is 21.1 Å². The number of nitrogens with one attached hydrogen (secondary N) is 1. The first kappa shape index (κ1) is 19.5. The van der Waals surface area contributed by atoms with Crippen LogP contribution in [-0.2, 0) is 14.8 Å². The minimum absolute atomic E-state index is 0.0429. The Bertz CT molecular complexity index is 1180. The third-order valence-electron chi connectivity index (χ3n) is 5.30. The topological polar surface area (TPSA) is 130 Å². The van der Waals surface area contributed by atoms with Crippen LogP contribution in [0.25, 0.3) is 11.0 Å². The number of nitrogens with zero attached hydrogens (tertiary/aromatic N) is 7. The Morgan fingerprint density at radius 3 is 2.80 bits per heavy atom. The molecule has 0 radical (unpaired) electrons. The van der Waals surface area contributed by atoms with Crippen LogP contribution in [0.3, 0.4) is 0 Å². The van der Waals surface area contributed by atoms with Gasteiger partial charge in [-0.2, -0.15) is 4.31 Å². The molecule has 4 heterocycles. The molecule has 1 aliphatic carbocycles. The van der Waals surface area contributed by atoms with Crippen molar-refractivity contribution in [3.63, 3.8) is 0 Å². The van der Waals surface area contributed by atoms with Crippen LogP contribution in [-0.4, -0.2) is 85.6 Å². The van der Waals surface area contributed by atoms with E-state index in [1.54, 1.807) is 27.9 Å². The van der Waals surface area contributed by atoms with Crippen LogP contribution >= 0.6 is 11.8 Å². The summed E-state index contributed by atoms with van der Waals surface area (Å²) in [5.41, 5.74) is 0.537. The highest BCUT2D eigenvalue weighted by Crippen LogP contribution is 2.36. The van der Waals surface area contributed by atoms with Crippen LogP contribution in [0, 0.1) is 0 Å². The molecule has 1 aliphatic heterocycles. The molecule has 0 unspecified atom stereocenters. The average molecular weight is 449 g/mol. The van der Waals surface area contributed by atoms with Gasteiger partial charge >= 0.3 is 0 Å². The molecule has 5 rings (SSSR count). The van der Waals surface area contributed by atoms with Gasteiger partial charge in [-0.05, 0) is 35.4 Å². The number of fused-ring (bicyclic) bond motifs is 1. The number of amides is 1. The summed E-state index contributed by atoms with van der Waals surface area (Å²) in [7, 11) is -3.66. The summed E-state index contributed by atoms with van der Waals surface area (Å²) < 4.78 is 29.3. The number of H-pyrrole nitrogens is 1. The Hall–Kier alpha value is -2.51. The van der Waals surface area contributed by atoms with Crippen molar-refractivity contribution in [2.24, 2.45) is 0 Å². The fourth-order valence-electron chi connectivity index (χ4n) is 3.51. The van der Waals surface area contributed by atoms with E-state index in [1.807, 2.05) is 0 Å². The van der Waals surface area contributed by atoms with E-state index < -0.39 is 10.0 Å². The van der Waals surface area contributed by atoms with E-state index in [0.717, 1.165) is 12.8 Å². The van der Waals surface area contributed by atoms with Crippen LogP contribution in [0.15, 0.2) is 34.6 Å². The number of rotatable bonds is 6. The highest BCUT2D eigenvalue weighted by atomic mass is 32.2. The number of tetrazole rings is 1. The van der Waals surface area contributed by atoms with Crippen molar-refractivity contribution in [3.8, 4) is 0 Å². The summed E-state index contributed by atoms with van der Waals surface area (Å²) >= 11 is 1.32. The van der Waals surface area contributed by atoms with Gasteiger partial charge < -0.3 is 9.88 Å². The summed E-state index contributed by atoms with van der Waals surface area (Å²) in [6, 6.07) is 3.80. The molecule has 0 aromatic carbocycles. The fourth-order valence-corrected chi connectivity index (χ4v) is 5.93. The molecular formula is C17H20N8O3S2. The first-order chi connectivity index (χ1) is 14.5. The number of hydrogen-bond donors (Lipinski definition) is 1. The quantitative estimate of drug-likeness (QED) is 0.540. The van der Waals surface area contributed by atoms with E-state index in [4.69, 9.17) is 0 Å². The number of piperazine rings is 1. The molecule has 0 bridgehead atoms. The smallest absolute Gasteiger partial charge is 0.245 e. The number of aromatic nitrogens is 6. The zero-order valence-electron chi connectivity index (χ0n) is 16.0. The summed E-state index contributed by atoms with van der Waals surface area (Å²) in [4.78, 5) is 21.6. The number of pyridine rings is 1. The van der Waals surface area contributed by atoms with Gasteiger partial charge in [0.25, 0.3) is 0 Å². The van der Waals surface area contributed by atoms with Crippen molar-refractivity contribution >= 4 is 38.7 Å². The molecule has 158 valence electrons. The second-order valence-corrected chi connectivity index (χ2v) is 10.1. The zero-order valence-corrected chi connectivity index (χ0v) is 17.6. The maximum Gasteiger partial charge on any atom is 0.245 e. The molecule has 11 nitrogen and oxygen atoms in total. The summed E-state index contributed by atoms with van der Waals surface area (Å²) in [5.74, 6) is 0.187.